The van der Waals surface area contributed by atoms with Crippen molar-refractivity contribution in [2.75, 3.05) is 0 Å². The van der Waals surface area contributed by atoms with E-state index in [0.717, 1.165) is 25.7 Å². The van der Waals surface area contributed by atoms with Gasteiger partial charge in [0.2, 0.25) is 0 Å². The number of carbonyl (C=O) groups excluding carboxylic acids is 2. The molecule has 2 nitrogen and oxygen atoms in total. The van der Waals surface area contributed by atoms with Crippen molar-refractivity contribution in [1.82, 2.24) is 0 Å². The van der Waals surface area contributed by atoms with Crippen LogP contribution >= 0.6 is 11.6 Å². The summed E-state index contributed by atoms with van der Waals surface area (Å²) in [5, 5.41) is 0. The van der Waals surface area contributed by atoms with Crippen molar-refractivity contribution in [1.29, 1.82) is 0 Å². The van der Waals surface area contributed by atoms with Crippen molar-refractivity contribution < 1.29 is 9.59 Å². The number of halogens is 1. The van der Waals surface area contributed by atoms with E-state index >= 15 is 0 Å². The van der Waals surface area contributed by atoms with E-state index in [4.69, 9.17) is 11.6 Å². The molecule has 0 N–H and O–H groups in total. The lowest BCUT2D eigenvalue weighted by Gasteiger charge is -2.57. The lowest BCUT2D eigenvalue weighted by molar-refractivity contribution is -0.125. The average molecular weight is 361 g/mol. The maximum Gasteiger partial charge on any atom is 0.156 e. The van der Waals surface area contributed by atoms with E-state index in [1.165, 1.54) is 5.57 Å². The molecule has 0 bridgehead atoms. The molecular weight excluding hydrogens is 332 g/mol. The van der Waals surface area contributed by atoms with E-state index in [1.807, 2.05) is 6.08 Å². The Kier molecular flexibility index (Phi) is 3.72. The summed E-state index contributed by atoms with van der Waals surface area (Å²) in [6.45, 7) is 8.45. The Morgan fingerprint density at radius 1 is 1.24 bits per heavy atom. The minimum Gasteiger partial charge on any atom is -0.298 e. The molecule has 4 aliphatic carbocycles. The predicted octanol–water partition coefficient (Wildman–Crippen LogP) is 5.11. The average Bonchev–Trinajstić information content (AvgIpc) is 2.77. The minimum absolute atomic E-state index is 0.103. The largest absolute Gasteiger partial charge is 0.298 e. The lowest BCUT2D eigenvalue weighted by atomic mass is 9.48. The van der Waals surface area contributed by atoms with Crippen LogP contribution in [0.25, 0.3) is 0 Å². The highest BCUT2D eigenvalue weighted by atomic mass is 35.5. The van der Waals surface area contributed by atoms with E-state index in [9.17, 15) is 9.59 Å². The maximum absolute atomic E-state index is 12.5. The molecule has 0 radical (unpaired) electrons. The van der Waals surface area contributed by atoms with Gasteiger partial charge in [-0.05, 0) is 78.8 Å². The first-order valence-corrected chi connectivity index (χ1v) is 10.2. The third-order valence-electron chi connectivity index (χ3n) is 8.54. The zero-order valence-electron chi connectivity index (χ0n) is 15.8. The summed E-state index contributed by atoms with van der Waals surface area (Å²) < 4.78 is 0. The summed E-state index contributed by atoms with van der Waals surface area (Å²) in [4.78, 5) is 23.7. The van der Waals surface area contributed by atoms with Gasteiger partial charge in [0.1, 0.15) is 4.87 Å². The van der Waals surface area contributed by atoms with Gasteiger partial charge in [0.25, 0.3) is 0 Å². The third kappa shape index (κ3) is 2.04. The number of alkyl halides is 1. The number of fused-ring (bicyclic) bond motifs is 5. The topological polar surface area (TPSA) is 34.1 Å². The fraction of sp³-hybridized carbons (Fsp3) is 0.727. The zero-order valence-corrected chi connectivity index (χ0v) is 16.5. The molecule has 7 atom stereocenters. The summed E-state index contributed by atoms with van der Waals surface area (Å²) in [5.41, 5.74) is 1.20. The summed E-state index contributed by atoms with van der Waals surface area (Å²) >= 11 is 7.06. The van der Waals surface area contributed by atoms with Gasteiger partial charge in [-0.25, -0.2) is 0 Å². The fourth-order valence-corrected chi connectivity index (χ4v) is 7.39. The summed E-state index contributed by atoms with van der Waals surface area (Å²) in [5.74, 6) is 2.10. The Morgan fingerprint density at radius 2 is 1.96 bits per heavy atom. The molecule has 0 aromatic carbocycles. The van der Waals surface area contributed by atoms with Crippen LogP contribution in [0.1, 0.15) is 59.8 Å². The highest BCUT2D eigenvalue weighted by molar-refractivity contribution is 6.36. The maximum atomic E-state index is 12.5. The van der Waals surface area contributed by atoms with Crippen LogP contribution in [0.3, 0.4) is 0 Å². The first-order chi connectivity index (χ1) is 11.6. The van der Waals surface area contributed by atoms with Crippen LogP contribution in [0.2, 0.25) is 0 Å². The molecule has 2 saturated carbocycles. The molecule has 4 rings (SSSR count). The third-order valence-corrected chi connectivity index (χ3v) is 9.61. The molecule has 3 heteroatoms. The van der Waals surface area contributed by atoms with Gasteiger partial charge in [-0.3, -0.25) is 9.59 Å². The number of carbonyl (C=O) groups is 2. The number of hydrogen-bond acceptors (Lipinski definition) is 2. The Hall–Kier alpha value is -0.890. The molecule has 2 fully saturated rings. The minimum atomic E-state index is -0.726. The molecular formula is C22H29ClO2. The Labute approximate surface area is 156 Å². The van der Waals surface area contributed by atoms with Crippen LogP contribution in [-0.2, 0) is 9.59 Å². The zero-order chi connectivity index (χ0) is 18.2. The molecule has 0 saturated heterocycles. The SMILES string of the molecule is CC(=O)[C@@]1(Cl)[C@H](C)C[C@H]2[C@@H]3C=CC4=CC(=O)CC[C@]4(C)[C@H]3CC[C@@]21C. The molecule has 0 spiro atoms. The second-order valence-corrected chi connectivity index (χ2v) is 10.1. The second-order valence-electron chi connectivity index (χ2n) is 9.49. The van der Waals surface area contributed by atoms with Crippen LogP contribution < -0.4 is 0 Å². The number of rotatable bonds is 1. The van der Waals surface area contributed by atoms with Crippen LogP contribution in [0.15, 0.2) is 23.8 Å². The van der Waals surface area contributed by atoms with E-state index in [0.29, 0.717) is 24.2 Å². The van der Waals surface area contributed by atoms with Crippen LogP contribution in [0.4, 0.5) is 0 Å². The highest BCUT2D eigenvalue weighted by Gasteiger charge is 2.67. The predicted molar refractivity (Wildman–Crippen MR) is 100 cm³/mol. The van der Waals surface area contributed by atoms with E-state index in [1.54, 1.807) is 6.92 Å². The van der Waals surface area contributed by atoms with E-state index < -0.39 is 4.87 Å². The van der Waals surface area contributed by atoms with Crippen LogP contribution in [-0.4, -0.2) is 16.4 Å². The molecule has 25 heavy (non-hydrogen) atoms. The van der Waals surface area contributed by atoms with E-state index in [-0.39, 0.29) is 28.3 Å². The van der Waals surface area contributed by atoms with Gasteiger partial charge in [-0.1, -0.05) is 32.9 Å². The van der Waals surface area contributed by atoms with Gasteiger partial charge >= 0.3 is 0 Å². The molecule has 0 unspecified atom stereocenters. The summed E-state index contributed by atoms with van der Waals surface area (Å²) in [6.07, 6.45) is 11.2. The summed E-state index contributed by atoms with van der Waals surface area (Å²) in [6, 6.07) is 0. The smallest absolute Gasteiger partial charge is 0.156 e. The molecule has 0 aromatic rings. The number of allylic oxidation sites excluding steroid dienone is 4. The normalized spacial score (nSPS) is 51.4. The first-order valence-electron chi connectivity index (χ1n) is 9.78. The van der Waals surface area contributed by atoms with E-state index in [2.05, 4.69) is 32.9 Å². The highest BCUT2D eigenvalue weighted by Crippen LogP contribution is 2.69. The first kappa shape index (κ1) is 17.5. The van der Waals surface area contributed by atoms with Crippen molar-refractivity contribution in [2.24, 2.45) is 34.5 Å². The molecule has 0 heterocycles. The number of Topliss-reactive ketones (excluding diaryl/α,β-unsaturated/α-hetero) is 1. The van der Waals surface area contributed by atoms with Crippen LogP contribution in [0, 0.1) is 34.5 Å². The van der Waals surface area contributed by atoms with Gasteiger partial charge in [0.05, 0.1) is 0 Å². The van der Waals surface area contributed by atoms with Crippen molar-refractivity contribution in [3.63, 3.8) is 0 Å². The lowest BCUT2D eigenvalue weighted by Crippen LogP contribution is -2.55. The van der Waals surface area contributed by atoms with Gasteiger partial charge in [0, 0.05) is 6.42 Å². The summed E-state index contributed by atoms with van der Waals surface area (Å²) in [7, 11) is 0. The van der Waals surface area contributed by atoms with Crippen molar-refractivity contribution >= 4 is 23.2 Å². The van der Waals surface area contributed by atoms with Crippen molar-refractivity contribution in [2.45, 2.75) is 64.7 Å². The molecule has 0 amide bonds. The molecule has 0 aliphatic heterocycles. The Bertz CT molecular complexity index is 707. The Balaban J connectivity index is 1.78. The molecule has 4 aliphatic rings. The number of hydrogen-bond donors (Lipinski definition) is 0. The molecule has 0 aromatic heterocycles. The number of ketones is 2. The molecule has 136 valence electrons. The van der Waals surface area contributed by atoms with Crippen molar-refractivity contribution in [3.05, 3.63) is 23.8 Å². The standard InChI is InChI=1S/C22H29ClO2/c1-13-11-19-17-6-5-15-12-16(25)7-9-20(15,3)18(17)8-10-21(19,4)22(13,23)14(2)24/h5-6,12-13,17-19H,7-11H2,1-4H3/t13-,17-,18+,19+,20+,21+,22+/m1/s1. The fourth-order valence-electron chi connectivity index (χ4n) is 7.06. The van der Waals surface area contributed by atoms with Gasteiger partial charge in [-0.2, -0.15) is 0 Å². The van der Waals surface area contributed by atoms with Crippen LogP contribution in [0.5, 0.6) is 0 Å². The van der Waals surface area contributed by atoms with Gasteiger partial charge in [-0.15, -0.1) is 11.6 Å². The van der Waals surface area contributed by atoms with Crippen molar-refractivity contribution in [3.8, 4) is 0 Å². The monoisotopic (exact) mass is 360 g/mol. The second kappa shape index (κ2) is 5.31. The van der Waals surface area contributed by atoms with Gasteiger partial charge in [0.15, 0.2) is 11.6 Å². The van der Waals surface area contributed by atoms with Gasteiger partial charge < -0.3 is 0 Å². The quantitative estimate of drug-likeness (QED) is 0.609. The Morgan fingerprint density at radius 3 is 2.64 bits per heavy atom.